The monoisotopic (exact) mass is 342 g/mol. The summed E-state index contributed by atoms with van der Waals surface area (Å²) in [6.45, 7) is 0. The van der Waals surface area contributed by atoms with E-state index in [-0.39, 0.29) is 16.6 Å². The van der Waals surface area contributed by atoms with Crippen LogP contribution < -0.4 is 0 Å². The molecule has 10 heteroatoms. The molecular weight excluding hydrogens is 332 g/mol. The third-order valence-corrected chi connectivity index (χ3v) is 3.53. The van der Waals surface area contributed by atoms with E-state index < -0.39 is 27.2 Å². The zero-order valence-corrected chi connectivity index (χ0v) is 12.8. The fourth-order valence-electron chi connectivity index (χ4n) is 2.47. The molecule has 25 heavy (non-hydrogen) atoms. The van der Waals surface area contributed by atoms with Crippen LogP contribution >= 0.6 is 0 Å². The smallest absolute Gasteiger partial charge is 0.359 e. The van der Waals surface area contributed by atoms with Gasteiger partial charge in [-0.25, -0.2) is 9.48 Å². The first kappa shape index (κ1) is 16.1. The highest BCUT2D eigenvalue weighted by Gasteiger charge is 2.29. The molecule has 0 N–H and O–H groups in total. The Hall–Kier alpha value is -3.82. The predicted molar refractivity (Wildman–Crippen MR) is 85.7 cm³/mol. The van der Waals surface area contributed by atoms with Gasteiger partial charge in [0.2, 0.25) is 0 Å². The Balaban J connectivity index is 2.47. The van der Waals surface area contributed by atoms with Crippen LogP contribution in [0.25, 0.3) is 16.6 Å². The van der Waals surface area contributed by atoms with Crippen LogP contribution in [0, 0.1) is 20.2 Å². The molecule has 0 saturated heterocycles. The summed E-state index contributed by atoms with van der Waals surface area (Å²) < 4.78 is 5.87. The van der Waals surface area contributed by atoms with Gasteiger partial charge < -0.3 is 4.74 Å². The van der Waals surface area contributed by atoms with Crippen molar-refractivity contribution in [2.24, 2.45) is 0 Å². The molecule has 2 aromatic carbocycles. The number of nitrogens with zero attached hydrogens (tertiary/aromatic N) is 4. The first-order chi connectivity index (χ1) is 11.9. The van der Waals surface area contributed by atoms with Gasteiger partial charge in [0.1, 0.15) is 5.39 Å². The topological polar surface area (TPSA) is 130 Å². The van der Waals surface area contributed by atoms with Gasteiger partial charge in [-0.1, -0.05) is 18.2 Å². The van der Waals surface area contributed by atoms with Gasteiger partial charge in [-0.15, -0.1) is 0 Å². The minimum absolute atomic E-state index is 0.0625. The number of nitro benzene ring substituents is 2. The van der Waals surface area contributed by atoms with Crippen LogP contribution in [-0.4, -0.2) is 32.7 Å². The van der Waals surface area contributed by atoms with Gasteiger partial charge in [-0.3, -0.25) is 20.2 Å². The van der Waals surface area contributed by atoms with Crippen LogP contribution in [0.3, 0.4) is 0 Å². The van der Waals surface area contributed by atoms with E-state index in [9.17, 15) is 25.0 Å². The summed E-state index contributed by atoms with van der Waals surface area (Å²) >= 11 is 0. The SMILES string of the molecule is COC(=O)c1nn(-c2ccccc2)c2cc([N+](=O)[O-])cc([N+](=O)[O-])c12. The average Bonchev–Trinajstić information content (AvgIpc) is 3.00. The van der Waals surface area contributed by atoms with Crippen molar-refractivity contribution < 1.29 is 19.4 Å². The van der Waals surface area contributed by atoms with E-state index in [1.807, 2.05) is 0 Å². The van der Waals surface area contributed by atoms with Gasteiger partial charge in [0.15, 0.2) is 5.69 Å². The van der Waals surface area contributed by atoms with Crippen molar-refractivity contribution in [3.8, 4) is 5.69 Å². The number of rotatable bonds is 4. The number of non-ortho nitro benzene ring substituents is 2. The number of hydrogen-bond acceptors (Lipinski definition) is 7. The first-order valence-corrected chi connectivity index (χ1v) is 6.93. The van der Waals surface area contributed by atoms with Crippen LogP contribution in [0.1, 0.15) is 10.5 Å². The highest BCUT2D eigenvalue weighted by Crippen LogP contribution is 2.35. The standard InChI is InChI=1S/C15H10N4O6/c1-25-15(20)14-13-11(17(16-14)9-5-3-2-4-6-9)7-10(18(21)22)8-12(13)19(23)24/h2-8H,1H3. The maximum Gasteiger partial charge on any atom is 0.359 e. The Morgan fingerprint density at radius 1 is 1.12 bits per heavy atom. The predicted octanol–water partition coefficient (Wildman–Crippen LogP) is 2.63. The quantitative estimate of drug-likeness (QED) is 0.404. The van der Waals surface area contributed by atoms with Crippen molar-refractivity contribution in [2.75, 3.05) is 7.11 Å². The highest BCUT2D eigenvalue weighted by atomic mass is 16.6. The highest BCUT2D eigenvalue weighted by molar-refractivity contribution is 6.07. The summed E-state index contributed by atoms with van der Waals surface area (Å²) in [5.41, 5.74) is -0.813. The molecule has 0 atom stereocenters. The molecule has 3 rings (SSSR count). The number of ether oxygens (including phenoxy) is 1. The minimum atomic E-state index is -0.878. The summed E-state index contributed by atoms with van der Waals surface area (Å²) in [4.78, 5) is 33.0. The summed E-state index contributed by atoms with van der Waals surface area (Å²) in [6, 6.07) is 10.4. The second-order valence-electron chi connectivity index (χ2n) is 4.96. The molecule has 0 bridgehead atoms. The molecule has 1 aromatic heterocycles. The second kappa shape index (κ2) is 6.00. The number of benzene rings is 2. The number of fused-ring (bicyclic) bond motifs is 1. The van der Waals surface area contributed by atoms with Gasteiger partial charge >= 0.3 is 5.97 Å². The third-order valence-electron chi connectivity index (χ3n) is 3.53. The second-order valence-corrected chi connectivity index (χ2v) is 4.96. The van der Waals surface area contributed by atoms with E-state index in [1.54, 1.807) is 30.3 Å². The molecule has 0 aliphatic rings. The molecular formula is C15H10N4O6. The summed E-state index contributed by atoms with van der Waals surface area (Å²) in [5, 5.41) is 26.5. The maximum absolute atomic E-state index is 12.0. The zero-order valence-electron chi connectivity index (χ0n) is 12.8. The van der Waals surface area contributed by atoms with Crippen molar-refractivity contribution in [1.29, 1.82) is 0 Å². The molecule has 0 spiro atoms. The Morgan fingerprint density at radius 2 is 1.80 bits per heavy atom. The van der Waals surface area contributed by atoms with E-state index in [1.165, 1.54) is 4.68 Å². The minimum Gasteiger partial charge on any atom is -0.464 e. The maximum atomic E-state index is 12.0. The number of carbonyl (C=O) groups is 1. The van der Waals surface area contributed by atoms with E-state index in [2.05, 4.69) is 9.84 Å². The molecule has 10 nitrogen and oxygen atoms in total. The molecule has 0 radical (unpaired) electrons. The van der Waals surface area contributed by atoms with Gasteiger partial charge in [0.25, 0.3) is 11.4 Å². The lowest BCUT2D eigenvalue weighted by molar-refractivity contribution is -0.393. The largest absolute Gasteiger partial charge is 0.464 e. The fourth-order valence-corrected chi connectivity index (χ4v) is 2.47. The normalized spacial score (nSPS) is 10.6. The molecule has 1 heterocycles. The number of hydrogen-bond donors (Lipinski definition) is 0. The molecule has 0 amide bonds. The van der Waals surface area contributed by atoms with E-state index in [4.69, 9.17) is 0 Å². The van der Waals surface area contributed by atoms with E-state index >= 15 is 0 Å². The summed E-state index contributed by atoms with van der Waals surface area (Å²) in [5.74, 6) is -0.878. The fraction of sp³-hybridized carbons (Fsp3) is 0.0667. The lowest BCUT2D eigenvalue weighted by atomic mass is 10.1. The lowest BCUT2D eigenvalue weighted by Gasteiger charge is -2.03. The van der Waals surface area contributed by atoms with Crippen LogP contribution in [0.5, 0.6) is 0 Å². The van der Waals surface area contributed by atoms with Crippen molar-refractivity contribution in [3.05, 3.63) is 68.4 Å². The Morgan fingerprint density at radius 3 is 2.36 bits per heavy atom. The van der Waals surface area contributed by atoms with Crippen LogP contribution in [-0.2, 0) is 4.74 Å². The number of methoxy groups -OCH3 is 1. The number of para-hydroxylation sites is 1. The van der Waals surface area contributed by atoms with Gasteiger partial charge in [-0.2, -0.15) is 5.10 Å². The van der Waals surface area contributed by atoms with Crippen LogP contribution in [0.4, 0.5) is 11.4 Å². The number of esters is 1. The van der Waals surface area contributed by atoms with Crippen LogP contribution in [0.15, 0.2) is 42.5 Å². The Labute approximate surface area is 139 Å². The van der Waals surface area contributed by atoms with Crippen molar-refractivity contribution >= 4 is 28.2 Å². The zero-order chi connectivity index (χ0) is 18.1. The van der Waals surface area contributed by atoms with E-state index in [0.29, 0.717) is 5.69 Å². The molecule has 0 saturated carbocycles. The molecule has 0 unspecified atom stereocenters. The molecule has 3 aromatic rings. The molecule has 126 valence electrons. The Bertz CT molecular complexity index is 1010. The van der Waals surface area contributed by atoms with Crippen molar-refractivity contribution in [2.45, 2.75) is 0 Å². The Kier molecular flexibility index (Phi) is 3.85. The van der Waals surface area contributed by atoms with Crippen LogP contribution in [0.2, 0.25) is 0 Å². The van der Waals surface area contributed by atoms with E-state index in [0.717, 1.165) is 19.2 Å². The molecule has 0 aliphatic heterocycles. The molecule has 0 aliphatic carbocycles. The average molecular weight is 342 g/mol. The third kappa shape index (κ3) is 2.65. The number of carbonyl (C=O) groups excluding carboxylic acids is 1. The number of aromatic nitrogens is 2. The number of nitro groups is 2. The van der Waals surface area contributed by atoms with Crippen molar-refractivity contribution in [3.63, 3.8) is 0 Å². The van der Waals surface area contributed by atoms with Gasteiger partial charge in [-0.05, 0) is 12.1 Å². The van der Waals surface area contributed by atoms with Gasteiger partial charge in [0, 0.05) is 6.07 Å². The first-order valence-electron chi connectivity index (χ1n) is 6.93. The summed E-state index contributed by atoms with van der Waals surface area (Å²) in [6.07, 6.45) is 0. The van der Waals surface area contributed by atoms with Gasteiger partial charge in [0.05, 0.1) is 34.2 Å². The lowest BCUT2D eigenvalue weighted by Crippen LogP contribution is -2.04. The molecule has 0 fully saturated rings. The summed E-state index contributed by atoms with van der Waals surface area (Å²) in [7, 11) is 1.12. The van der Waals surface area contributed by atoms with Crippen molar-refractivity contribution in [1.82, 2.24) is 9.78 Å².